The highest BCUT2D eigenvalue weighted by Crippen LogP contribution is 2.27. The Hall–Kier alpha value is -1.72. The number of rotatable bonds is 4. The van der Waals surface area contributed by atoms with Crippen molar-refractivity contribution in [2.75, 3.05) is 10.5 Å². The summed E-state index contributed by atoms with van der Waals surface area (Å²) in [5.41, 5.74) is 7.99. The summed E-state index contributed by atoms with van der Waals surface area (Å²) in [6, 6.07) is 12.1. The molecule has 0 radical (unpaired) electrons. The van der Waals surface area contributed by atoms with Crippen LogP contribution in [0.15, 0.2) is 42.5 Å². The van der Waals surface area contributed by atoms with Gasteiger partial charge in [-0.3, -0.25) is 4.72 Å². The molecule has 2 aromatic rings. The second-order valence-electron chi connectivity index (χ2n) is 4.54. The maximum atomic E-state index is 12.1. The van der Waals surface area contributed by atoms with Crippen molar-refractivity contribution in [3.63, 3.8) is 0 Å². The van der Waals surface area contributed by atoms with E-state index in [1.807, 2.05) is 6.07 Å². The molecule has 0 aromatic heterocycles. The molecule has 0 bridgehead atoms. The van der Waals surface area contributed by atoms with Gasteiger partial charge in [0.25, 0.3) is 0 Å². The van der Waals surface area contributed by atoms with E-state index in [0.717, 1.165) is 11.1 Å². The van der Waals surface area contributed by atoms with E-state index in [1.54, 1.807) is 37.3 Å². The van der Waals surface area contributed by atoms with Crippen molar-refractivity contribution in [1.82, 2.24) is 0 Å². The molecule has 0 amide bonds. The topological polar surface area (TPSA) is 72.2 Å². The van der Waals surface area contributed by atoms with Gasteiger partial charge in [-0.05, 0) is 30.2 Å². The first-order chi connectivity index (χ1) is 9.37. The normalized spacial score (nSPS) is 11.3. The van der Waals surface area contributed by atoms with Crippen LogP contribution in [0.25, 0.3) is 0 Å². The first kappa shape index (κ1) is 14.7. The number of nitrogens with two attached hydrogens (primary N) is 1. The molecule has 0 aliphatic rings. The smallest absolute Gasteiger partial charge is 0.236 e. The Morgan fingerprint density at radius 1 is 1.20 bits per heavy atom. The standard InChI is InChI=1S/C14H15ClN2O2S/c1-10-7-13(16)12(15)8-14(10)17-20(18,19)9-11-5-3-2-4-6-11/h2-8,17H,9,16H2,1H3. The average molecular weight is 311 g/mol. The molecule has 0 saturated heterocycles. The van der Waals surface area contributed by atoms with E-state index < -0.39 is 10.0 Å². The Morgan fingerprint density at radius 3 is 2.50 bits per heavy atom. The zero-order chi connectivity index (χ0) is 14.8. The van der Waals surface area contributed by atoms with Crippen LogP contribution in [0.4, 0.5) is 11.4 Å². The van der Waals surface area contributed by atoms with Crippen LogP contribution in [-0.4, -0.2) is 8.42 Å². The number of benzene rings is 2. The van der Waals surface area contributed by atoms with Gasteiger partial charge in [0.2, 0.25) is 10.0 Å². The molecule has 2 rings (SSSR count). The lowest BCUT2D eigenvalue weighted by molar-refractivity contribution is 0.600. The van der Waals surface area contributed by atoms with E-state index in [1.165, 1.54) is 6.07 Å². The molecule has 4 nitrogen and oxygen atoms in total. The van der Waals surface area contributed by atoms with Gasteiger partial charge in [-0.25, -0.2) is 8.42 Å². The maximum Gasteiger partial charge on any atom is 0.236 e. The van der Waals surface area contributed by atoms with Crippen LogP contribution in [0.1, 0.15) is 11.1 Å². The second-order valence-corrected chi connectivity index (χ2v) is 6.66. The fourth-order valence-corrected chi connectivity index (χ4v) is 3.23. The molecule has 2 aromatic carbocycles. The molecule has 0 saturated carbocycles. The Kier molecular flexibility index (Phi) is 4.20. The third kappa shape index (κ3) is 3.65. The van der Waals surface area contributed by atoms with Crippen molar-refractivity contribution in [3.05, 3.63) is 58.6 Å². The molecule has 0 heterocycles. The van der Waals surface area contributed by atoms with Crippen LogP contribution in [0.5, 0.6) is 0 Å². The third-order valence-electron chi connectivity index (χ3n) is 2.81. The van der Waals surface area contributed by atoms with Gasteiger partial charge in [-0.1, -0.05) is 41.9 Å². The quantitative estimate of drug-likeness (QED) is 0.852. The van der Waals surface area contributed by atoms with Crippen molar-refractivity contribution in [1.29, 1.82) is 0 Å². The minimum absolute atomic E-state index is 0.0880. The highest BCUT2D eigenvalue weighted by Gasteiger charge is 2.14. The molecular formula is C14H15ClN2O2S. The number of nitrogens with one attached hydrogen (secondary N) is 1. The lowest BCUT2D eigenvalue weighted by Crippen LogP contribution is -2.16. The largest absolute Gasteiger partial charge is 0.398 e. The molecular weight excluding hydrogens is 296 g/mol. The average Bonchev–Trinajstić information content (AvgIpc) is 2.36. The molecule has 0 fully saturated rings. The van der Waals surface area contributed by atoms with Gasteiger partial charge in [0.1, 0.15) is 0 Å². The number of hydrogen-bond donors (Lipinski definition) is 2. The van der Waals surface area contributed by atoms with E-state index >= 15 is 0 Å². The first-order valence-corrected chi connectivity index (χ1v) is 8.00. The SMILES string of the molecule is Cc1cc(N)c(Cl)cc1NS(=O)(=O)Cc1ccccc1. The summed E-state index contributed by atoms with van der Waals surface area (Å²) in [5, 5.41) is 0.327. The zero-order valence-electron chi connectivity index (χ0n) is 10.9. The number of sulfonamides is 1. The minimum atomic E-state index is -3.49. The first-order valence-electron chi connectivity index (χ1n) is 5.97. The van der Waals surface area contributed by atoms with E-state index in [4.69, 9.17) is 17.3 Å². The van der Waals surface area contributed by atoms with Gasteiger partial charge in [0, 0.05) is 0 Å². The van der Waals surface area contributed by atoms with Crippen LogP contribution < -0.4 is 10.5 Å². The summed E-state index contributed by atoms with van der Waals surface area (Å²) >= 11 is 5.92. The highest BCUT2D eigenvalue weighted by atomic mass is 35.5. The van der Waals surface area contributed by atoms with Crippen molar-refractivity contribution < 1.29 is 8.42 Å². The molecule has 3 N–H and O–H groups in total. The Bertz CT molecular complexity index is 715. The fraction of sp³-hybridized carbons (Fsp3) is 0.143. The van der Waals surface area contributed by atoms with Crippen LogP contribution in [-0.2, 0) is 15.8 Å². The number of halogens is 1. The van der Waals surface area contributed by atoms with Gasteiger partial charge < -0.3 is 5.73 Å². The molecule has 0 unspecified atom stereocenters. The van der Waals surface area contributed by atoms with Crippen LogP contribution >= 0.6 is 11.6 Å². The van der Waals surface area contributed by atoms with E-state index in [-0.39, 0.29) is 5.75 Å². The predicted octanol–water partition coefficient (Wildman–Crippen LogP) is 3.17. The van der Waals surface area contributed by atoms with Gasteiger partial charge >= 0.3 is 0 Å². The summed E-state index contributed by atoms with van der Waals surface area (Å²) in [5.74, 6) is -0.0880. The van der Waals surface area contributed by atoms with Crippen molar-refractivity contribution in [3.8, 4) is 0 Å². The Balaban J connectivity index is 2.23. The summed E-state index contributed by atoms with van der Waals surface area (Å²) in [7, 11) is -3.49. The van der Waals surface area contributed by atoms with Crippen molar-refractivity contribution in [2.45, 2.75) is 12.7 Å². The molecule has 20 heavy (non-hydrogen) atoms. The van der Waals surface area contributed by atoms with Crippen molar-refractivity contribution in [2.24, 2.45) is 0 Å². The summed E-state index contributed by atoms with van der Waals surface area (Å²) < 4.78 is 26.8. The Morgan fingerprint density at radius 2 is 1.85 bits per heavy atom. The summed E-state index contributed by atoms with van der Waals surface area (Å²) in [4.78, 5) is 0. The maximum absolute atomic E-state index is 12.1. The number of aryl methyl sites for hydroxylation is 1. The lowest BCUT2D eigenvalue weighted by Gasteiger charge is -2.12. The van der Waals surface area contributed by atoms with Crippen molar-refractivity contribution >= 4 is 33.0 Å². The predicted molar refractivity (Wildman–Crippen MR) is 83.3 cm³/mol. The number of nitrogen functional groups attached to an aromatic ring is 1. The van der Waals surface area contributed by atoms with E-state index in [2.05, 4.69) is 4.72 Å². The Labute approximate surface area is 123 Å². The number of anilines is 2. The van der Waals surface area contributed by atoms with Crippen LogP contribution in [0.3, 0.4) is 0 Å². The van der Waals surface area contributed by atoms with Gasteiger partial charge in [-0.2, -0.15) is 0 Å². The monoisotopic (exact) mass is 310 g/mol. The van der Waals surface area contributed by atoms with Gasteiger partial charge in [0.05, 0.1) is 22.2 Å². The van der Waals surface area contributed by atoms with Crippen LogP contribution in [0.2, 0.25) is 5.02 Å². The second kappa shape index (κ2) is 5.73. The van der Waals surface area contributed by atoms with E-state index in [0.29, 0.717) is 16.4 Å². The minimum Gasteiger partial charge on any atom is -0.398 e. The zero-order valence-corrected chi connectivity index (χ0v) is 12.5. The molecule has 0 spiro atoms. The molecule has 6 heteroatoms. The lowest BCUT2D eigenvalue weighted by atomic mass is 10.2. The molecule has 0 aliphatic heterocycles. The molecule has 106 valence electrons. The highest BCUT2D eigenvalue weighted by molar-refractivity contribution is 7.91. The molecule has 0 aliphatic carbocycles. The summed E-state index contributed by atoms with van der Waals surface area (Å²) in [6.07, 6.45) is 0. The summed E-state index contributed by atoms with van der Waals surface area (Å²) in [6.45, 7) is 1.77. The van der Waals surface area contributed by atoms with Crippen LogP contribution in [0, 0.1) is 6.92 Å². The fourth-order valence-electron chi connectivity index (χ4n) is 1.81. The third-order valence-corrected chi connectivity index (χ3v) is 4.38. The van der Waals surface area contributed by atoms with Gasteiger partial charge in [-0.15, -0.1) is 0 Å². The van der Waals surface area contributed by atoms with Gasteiger partial charge in [0.15, 0.2) is 0 Å². The van der Waals surface area contributed by atoms with E-state index in [9.17, 15) is 8.42 Å². The number of hydrogen-bond acceptors (Lipinski definition) is 3. The molecule has 0 atom stereocenters.